The van der Waals surface area contributed by atoms with Gasteiger partial charge in [-0.2, -0.15) is 0 Å². The second kappa shape index (κ2) is 6.04. The molecule has 1 aromatic rings. The van der Waals surface area contributed by atoms with Crippen molar-refractivity contribution in [2.75, 3.05) is 6.61 Å². The Morgan fingerprint density at radius 2 is 2.20 bits per heavy atom. The molecule has 1 atom stereocenters. The van der Waals surface area contributed by atoms with Crippen LogP contribution in [0.5, 0.6) is 0 Å². The van der Waals surface area contributed by atoms with E-state index in [9.17, 15) is 8.96 Å². The summed E-state index contributed by atoms with van der Waals surface area (Å²) in [5.41, 5.74) is 0.725. The minimum Gasteiger partial charge on any atom is -0.330 e. The lowest BCUT2D eigenvalue weighted by Gasteiger charge is -2.06. The first-order valence-electron chi connectivity index (χ1n) is 4.98. The first-order valence-corrected chi connectivity index (χ1v) is 6.50. The van der Waals surface area contributed by atoms with E-state index in [1.165, 1.54) is 12.1 Å². The second-order valence-corrected chi connectivity index (χ2v) is 5.27. The molecule has 0 fully saturated rings. The van der Waals surface area contributed by atoms with E-state index >= 15 is 0 Å². The summed E-state index contributed by atoms with van der Waals surface area (Å²) in [5.74, 6) is 0.0672. The molecule has 84 valence electrons. The summed E-state index contributed by atoms with van der Waals surface area (Å²) in [6, 6.07) is 6.13. The van der Waals surface area contributed by atoms with Crippen LogP contribution >= 0.6 is 8.03 Å². The topological polar surface area (TPSA) is 26.3 Å². The van der Waals surface area contributed by atoms with Crippen molar-refractivity contribution in [1.82, 2.24) is 0 Å². The number of hydrogen-bond donors (Lipinski definition) is 0. The van der Waals surface area contributed by atoms with Gasteiger partial charge in [-0.15, -0.1) is 0 Å². The van der Waals surface area contributed by atoms with Crippen LogP contribution in [0.1, 0.15) is 19.4 Å². The highest BCUT2D eigenvalue weighted by molar-refractivity contribution is 7.38. The van der Waals surface area contributed by atoms with Crippen molar-refractivity contribution < 1.29 is 13.5 Å². The first-order chi connectivity index (χ1) is 7.08. The Morgan fingerprint density at radius 1 is 1.47 bits per heavy atom. The van der Waals surface area contributed by atoms with Crippen molar-refractivity contribution in [3.63, 3.8) is 0 Å². The fraction of sp³-hybridized carbons (Fsp3) is 0.455. The normalized spacial score (nSPS) is 13.1. The molecule has 0 aromatic heterocycles. The first kappa shape index (κ1) is 12.4. The van der Waals surface area contributed by atoms with Crippen LogP contribution in [0.4, 0.5) is 4.39 Å². The van der Waals surface area contributed by atoms with E-state index in [4.69, 9.17) is 4.52 Å². The minimum absolute atomic E-state index is 0.300. The van der Waals surface area contributed by atoms with E-state index in [-0.39, 0.29) is 5.82 Å². The average Bonchev–Trinajstić information content (AvgIpc) is 2.15. The van der Waals surface area contributed by atoms with E-state index < -0.39 is 8.03 Å². The Bertz CT molecular complexity index is 339. The third-order valence-corrected chi connectivity index (χ3v) is 3.00. The molecule has 0 heterocycles. The highest BCUT2D eigenvalue weighted by Gasteiger charge is 2.04. The Kier molecular flexibility index (Phi) is 5.00. The van der Waals surface area contributed by atoms with E-state index in [2.05, 4.69) is 0 Å². The fourth-order valence-electron chi connectivity index (χ4n) is 1.12. The van der Waals surface area contributed by atoms with Gasteiger partial charge in [0.15, 0.2) is 8.03 Å². The zero-order valence-electron chi connectivity index (χ0n) is 9.00. The van der Waals surface area contributed by atoms with Crippen molar-refractivity contribution in [2.24, 2.45) is 5.92 Å². The summed E-state index contributed by atoms with van der Waals surface area (Å²) < 4.78 is 29.4. The molecule has 1 rings (SSSR count). The van der Waals surface area contributed by atoms with Gasteiger partial charge in [0.05, 0.1) is 6.61 Å². The molecule has 0 aliphatic heterocycles. The molecule has 0 saturated carbocycles. The van der Waals surface area contributed by atoms with Crippen molar-refractivity contribution >= 4 is 8.03 Å². The maximum absolute atomic E-state index is 12.8. The predicted molar refractivity (Wildman–Crippen MR) is 59.9 cm³/mol. The molecule has 0 amide bonds. The monoisotopic (exact) mass is 230 g/mol. The number of hydrogen-bond acceptors (Lipinski definition) is 2. The summed E-state index contributed by atoms with van der Waals surface area (Å²) in [4.78, 5) is 0. The van der Waals surface area contributed by atoms with Crippen molar-refractivity contribution in [3.05, 3.63) is 35.6 Å². The minimum atomic E-state index is -2.07. The Labute approximate surface area is 90.3 Å². The smallest absolute Gasteiger partial charge is 0.195 e. The van der Waals surface area contributed by atoms with E-state index in [1.807, 2.05) is 13.8 Å². The van der Waals surface area contributed by atoms with Crippen LogP contribution in [0.25, 0.3) is 0 Å². The maximum atomic E-state index is 12.8. The van der Waals surface area contributed by atoms with Crippen LogP contribution in [-0.4, -0.2) is 6.61 Å². The van der Waals surface area contributed by atoms with Crippen LogP contribution in [0.2, 0.25) is 0 Å². The molecule has 1 aromatic carbocycles. The third-order valence-electron chi connectivity index (χ3n) is 1.82. The molecular weight excluding hydrogens is 214 g/mol. The van der Waals surface area contributed by atoms with Gasteiger partial charge < -0.3 is 4.52 Å². The molecule has 2 nitrogen and oxygen atoms in total. The molecule has 0 saturated heterocycles. The highest BCUT2D eigenvalue weighted by Crippen LogP contribution is 2.28. The Hall–Kier alpha value is -0.660. The van der Waals surface area contributed by atoms with Crippen LogP contribution in [0.3, 0.4) is 0 Å². The summed E-state index contributed by atoms with van der Waals surface area (Å²) in [6.45, 7) is 4.49. The summed E-state index contributed by atoms with van der Waals surface area (Å²) in [5, 5.41) is 0. The van der Waals surface area contributed by atoms with E-state index in [0.29, 0.717) is 18.7 Å². The predicted octanol–water partition coefficient (Wildman–Crippen LogP) is 3.47. The van der Waals surface area contributed by atoms with Crippen LogP contribution in [0, 0.1) is 11.7 Å². The summed E-state index contributed by atoms with van der Waals surface area (Å²) >= 11 is 0. The second-order valence-electron chi connectivity index (χ2n) is 3.88. The van der Waals surface area contributed by atoms with Gasteiger partial charge in [0.2, 0.25) is 0 Å². The molecule has 0 spiro atoms. The fourth-order valence-corrected chi connectivity index (χ4v) is 2.30. The van der Waals surface area contributed by atoms with Gasteiger partial charge in [-0.05, 0) is 23.6 Å². The van der Waals surface area contributed by atoms with Crippen molar-refractivity contribution in [1.29, 1.82) is 0 Å². The summed E-state index contributed by atoms with van der Waals surface area (Å²) in [7, 11) is -2.07. The molecule has 0 aliphatic rings. The van der Waals surface area contributed by atoms with Crippen molar-refractivity contribution in [3.8, 4) is 0 Å². The van der Waals surface area contributed by atoms with E-state index in [1.54, 1.807) is 12.1 Å². The molecular formula is C11H16FO2P. The Morgan fingerprint density at radius 3 is 2.80 bits per heavy atom. The van der Waals surface area contributed by atoms with Gasteiger partial charge in [0, 0.05) is 6.16 Å². The largest absolute Gasteiger partial charge is 0.330 e. The average molecular weight is 230 g/mol. The number of rotatable bonds is 5. The lowest BCUT2D eigenvalue weighted by atomic mass is 10.2. The molecule has 0 radical (unpaired) electrons. The molecule has 15 heavy (non-hydrogen) atoms. The number of benzene rings is 1. The molecule has 0 aliphatic carbocycles. The van der Waals surface area contributed by atoms with Gasteiger partial charge in [-0.25, -0.2) is 4.39 Å². The van der Waals surface area contributed by atoms with Gasteiger partial charge >= 0.3 is 0 Å². The standard InChI is InChI=1S/C11H16FO2P/c1-9(2)7-14-15(13)8-10-4-3-5-11(12)6-10/h3-6,9,15H,7-8H2,1-2H3. The summed E-state index contributed by atoms with van der Waals surface area (Å²) in [6.07, 6.45) is 0.315. The zero-order valence-corrected chi connectivity index (χ0v) is 10.00. The van der Waals surface area contributed by atoms with Crippen LogP contribution in [-0.2, 0) is 15.3 Å². The molecule has 0 N–H and O–H groups in total. The lowest BCUT2D eigenvalue weighted by Crippen LogP contribution is -1.96. The molecule has 0 bridgehead atoms. The van der Waals surface area contributed by atoms with Gasteiger partial charge in [-0.3, -0.25) is 4.57 Å². The maximum Gasteiger partial charge on any atom is 0.195 e. The third kappa shape index (κ3) is 5.10. The molecule has 4 heteroatoms. The van der Waals surface area contributed by atoms with E-state index in [0.717, 1.165) is 5.56 Å². The van der Waals surface area contributed by atoms with Crippen LogP contribution < -0.4 is 0 Å². The van der Waals surface area contributed by atoms with Gasteiger partial charge in [-0.1, -0.05) is 26.0 Å². The van der Waals surface area contributed by atoms with Gasteiger partial charge in [0.25, 0.3) is 0 Å². The number of halogens is 1. The molecule has 1 unspecified atom stereocenters. The SMILES string of the molecule is CC(C)CO[PH](=O)Cc1cccc(F)c1. The lowest BCUT2D eigenvalue weighted by molar-refractivity contribution is 0.282. The quantitative estimate of drug-likeness (QED) is 0.724. The van der Waals surface area contributed by atoms with Crippen molar-refractivity contribution in [2.45, 2.75) is 20.0 Å². The Balaban J connectivity index is 2.44. The van der Waals surface area contributed by atoms with Crippen LogP contribution in [0.15, 0.2) is 24.3 Å². The van der Waals surface area contributed by atoms with Gasteiger partial charge in [0.1, 0.15) is 5.82 Å². The zero-order chi connectivity index (χ0) is 11.3. The highest BCUT2D eigenvalue weighted by atomic mass is 31.1.